The zero-order valence-corrected chi connectivity index (χ0v) is 23.9. The molecule has 0 saturated heterocycles. The van der Waals surface area contributed by atoms with E-state index in [-0.39, 0.29) is 46.3 Å². The summed E-state index contributed by atoms with van der Waals surface area (Å²) in [6, 6.07) is 8.88. The first kappa shape index (κ1) is 30.6. The molecule has 1 fully saturated rings. The van der Waals surface area contributed by atoms with Gasteiger partial charge in [-0.1, -0.05) is 6.92 Å². The molecule has 13 heteroatoms. The van der Waals surface area contributed by atoms with Crippen LogP contribution >= 0.6 is 0 Å². The van der Waals surface area contributed by atoms with Crippen molar-refractivity contribution in [2.75, 3.05) is 10.6 Å². The Labute approximate surface area is 246 Å². The SMILES string of the molecule is CCC(=O)c1ccc(F)c([C@@H]2C[C@@H]2NC(=O)Nc2ccc(C#N)cn2)c1OC(=O)c1ccc(NC(=O)OC(C)(C)C)nc1. The fraction of sp³-hybridized carbons (Fsp3) is 0.300. The maximum atomic E-state index is 15.2. The van der Waals surface area contributed by atoms with E-state index in [9.17, 15) is 19.2 Å². The van der Waals surface area contributed by atoms with Gasteiger partial charge in [0, 0.05) is 36.3 Å². The number of halogens is 1. The second-order valence-electron chi connectivity index (χ2n) is 10.7. The number of nitrogens with zero attached hydrogens (tertiary/aromatic N) is 3. The number of hydrogen-bond donors (Lipinski definition) is 3. The molecule has 1 aliphatic rings. The highest BCUT2D eigenvalue weighted by molar-refractivity contribution is 6.01. The van der Waals surface area contributed by atoms with Crippen molar-refractivity contribution in [2.24, 2.45) is 0 Å². The molecule has 1 aromatic carbocycles. The van der Waals surface area contributed by atoms with Crippen molar-refractivity contribution < 1.29 is 33.0 Å². The highest BCUT2D eigenvalue weighted by atomic mass is 19.1. The van der Waals surface area contributed by atoms with Gasteiger partial charge in [0.2, 0.25) is 0 Å². The van der Waals surface area contributed by atoms with E-state index >= 15 is 4.39 Å². The number of hydrogen-bond acceptors (Lipinski definition) is 9. The Hall–Kier alpha value is -5.38. The van der Waals surface area contributed by atoms with Crippen LogP contribution in [0.5, 0.6) is 5.75 Å². The quantitative estimate of drug-likeness (QED) is 0.179. The molecule has 2 aromatic heterocycles. The predicted molar refractivity (Wildman–Crippen MR) is 152 cm³/mol. The zero-order valence-electron chi connectivity index (χ0n) is 23.9. The van der Waals surface area contributed by atoms with Gasteiger partial charge in [0.25, 0.3) is 0 Å². The van der Waals surface area contributed by atoms with Crippen molar-refractivity contribution in [3.8, 4) is 11.8 Å². The lowest BCUT2D eigenvalue weighted by molar-refractivity contribution is 0.0634. The Morgan fingerprint density at radius 1 is 1.02 bits per heavy atom. The largest absolute Gasteiger partial charge is 0.444 e. The van der Waals surface area contributed by atoms with E-state index in [4.69, 9.17) is 14.7 Å². The molecule has 4 rings (SSSR count). The predicted octanol–water partition coefficient (Wildman–Crippen LogP) is 5.32. The van der Waals surface area contributed by atoms with E-state index in [0.717, 1.165) is 6.07 Å². The molecule has 2 atom stereocenters. The molecule has 1 aliphatic carbocycles. The summed E-state index contributed by atoms with van der Waals surface area (Å²) in [5, 5.41) is 16.6. The Balaban J connectivity index is 1.50. The molecule has 0 spiro atoms. The van der Waals surface area contributed by atoms with E-state index < -0.39 is 41.5 Å². The number of pyridine rings is 2. The number of anilines is 2. The lowest BCUT2D eigenvalue weighted by Crippen LogP contribution is -2.31. The molecule has 0 bridgehead atoms. The third-order valence-corrected chi connectivity index (χ3v) is 6.20. The van der Waals surface area contributed by atoms with Gasteiger partial charge in [0.1, 0.15) is 34.9 Å². The molecule has 0 aliphatic heterocycles. The normalized spacial score (nSPS) is 15.4. The molecule has 222 valence electrons. The van der Waals surface area contributed by atoms with Crippen molar-refractivity contribution in [3.05, 3.63) is 76.9 Å². The maximum absolute atomic E-state index is 15.2. The summed E-state index contributed by atoms with van der Waals surface area (Å²) >= 11 is 0. The van der Waals surface area contributed by atoms with Crippen LogP contribution in [0.3, 0.4) is 0 Å². The third-order valence-electron chi connectivity index (χ3n) is 6.20. The molecule has 2 heterocycles. The number of ketones is 1. The number of ether oxygens (including phenoxy) is 2. The van der Waals surface area contributed by atoms with E-state index in [1.807, 2.05) is 6.07 Å². The molecular weight excluding hydrogens is 559 g/mol. The Morgan fingerprint density at radius 3 is 2.33 bits per heavy atom. The third kappa shape index (κ3) is 7.88. The second-order valence-corrected chi connectivity index (χ2v) is 10.7. The number of rotatable bonds is 8. The van der Waals surface area contributed by atoms with Gasteiger partial charge in [-0.3, -0.25) is 15.4 Å². The first-order valence-corrected chi connectivity index (χ1v) is 13.4. The molecular formula is C30H29FN6O6. The van der Waals surface area contributed by atoms with E-state index in [2.05, 4.69) is 25.9 Å². The van der Waals surface area contributed by atoms with Gasteiger partial charge in [-0.15, -0.1) is 0 Å². The van der Waals surface area contributed by atoms with Crippen LogP contribution in [0.2, 0.25) is 0 Å². The van der Waals surface area contributed by atoms with Crippen LogP contribution in [-0.4, -0.2) is 45.5 Å². The summed E-state index contributed by atoms with van der Waals surface area (Å²) in [5.41, 5.74) is -0.381. The number of amides is 3. The van der Waals surface area contributed by atoms with Gasteiger partial charge in [-0.25, -0.2) is 28.7 Å². The Bertz CT molecular complexity index is 1600. The summed E-state index contributed by atoms with van der Waals surface area (Å²) in [5.74, 6) is -2.43. The number of carbonyl (C=O) groups excluding carboxylic acids is 4. The van der Waals surface area contributed by atoms with Crippen LogP contribution in [0.1, 0.15) is 78.3 Å². The second kappa shape index (κ2) is 12.6. The number of Topliss-reactive ketones (excluding diaryl/α,β-unsaturated/α-hetero) is 1. The molecule has 0 radical (unpaired) electrons. The average Bonchev–Trinajstić information content (AvgIpc) is 3.70. The summed E-state index contributed by atoms with van der Waals surface area (Å²) in [6.07, 6.45) is 2.15. The highest BCUT2D eigenvalue weighted by Crippen LogP contribution is 2.47. The zero-order chi connectivity index (χ0) is 31.3. The fourth-order valence-corrected chi connectivity index (χ4v) is 4.12. The van der Waals surface area contributed by atoms with E-state index in [1.165, 1.54) is 42.7 Å². The standard InChI is InChI=1S/C30H29FN6O6/c1-5-22(38)18-8-9-20(31)25(19-12-21(19)35-28(40)36-23-10-6-16(13-32)14-33-23)26(18)42-27(39)17-7-11-24(34-15-17)37-29(41)43-30(2,3)4/h6-11,14-15,19,21H,5,12H2,1-4H3,(H,34,37,41)(H2,33,35,36,40)/t19-,21+/m1/s1. The van der Waals surface area contributed by atoms with Crippen molar-refractivity contribution in [3.63, 3.8) is 0 Å². The van der Waals surface area contributed by atoms with Crippen molar-refractivity contribution in [1.29, 1.82) is 5.26 Å². The maximum Gasteiger partial charge on any atom is 0.413 e. The molecule has 3 aromatic rings. The van der Waals surface area contributed by atoms with Crippen molar-refractivity contribution in [1.82, 2.24) is 15.3 Å². The van der Waals surface area contributed by atoms with Crippen LogP contribution in [0, 0.1) is 17.1 Å². The summed E-state index contributed by atoms with van der Waals surface area (Å²) in [6.45, 7) is 6.75. The highest BCUT2D eigenvalue weighted by Gasteiger charge is 2.44. The molecule has 1 saturated carbocycles. The fourth-order valence-electron chi connectivity index (χ4n) is 4.12. The van der Waals surface area contributed by atoms with Gasteiger partial charge in [0.05, 0.1) is 16.7 Å². The van der Waals surface area contributed by atoms with E-state index in [0.29, 0.717) is 12.0 Å². The van der Waals surface area contributed by atoms with Gasteiger partial charge in [-0.05, 0) is 63.6 Å². The molecule has 12 nitrogen and oxygen atoms in total. The van der Waals surface area contributed by atoms with Crippen LogP contribution < -0.4 is 20.7 Å². The Morgan fingerprint density at radius 2 is 1.72 bits per heavy atom. The first-order chi connectivity index (χ1) is 20.4. The minimum atomic E-state index is -0.900. The average molecular weight is 589 g/mol. The monoisotopic (exact) mass is 588 g/mol. The van der Waals surface area contributed by atoms with Crippen molar-refractivity contribution >= 4 is 35.5 Å². The molecule has 3 N–H and O–H groups in total. The number of aromatic nitrogens is 2. The molecule has 43 heavy (non-hydrogen) atoms. The Kier molecular flexibility index (Phi) is 8.99. The van der Waals surface area contributed by atoms with Crippen molar-refractivity contribution in [2.45, 2.75) is 58.1 Å². The molecule has 0 unspecified atom stereocenters. The summed E-state index contributed by atoms with van der Waals surface area (Å²) < 4.78 is 26.0. The lowest BCUT2D eigenvalue weighted by atomic mass is 10.00. The van der Waals surface area contributed by atoms with E-state index in [1.54, 1.807) is 27.7 Å². The minimum absolute atomic E-state index is 0.00869. The van der Waals surface area contributed by atoms with Crippen LogP contribution in [0.15, 0.2) is 48.8 Å². The van der Waals surface area contributed by atoms with Crippen LogP contribution in [-0.2, 0) is 4.74 Å². The van der Waals surface area contributed by atoms with Gasteiger partial charge in [0.15, 0.2) is 5.78 Å². The number of nitrogens with one attached hydrogen (secondary N) is 3. The summed E-state index contributed by atoms with van der Waals surface area (Å²) in [4.78, 5) is 58.3. The summed E-state index contributed by atoms with van der Waals surface area (Å²) in [7, 11) is 0. The topological polar surface area (TPSA) is 172 Å². The molecule has 3 amide bonds. The lowest BCUT2D eigenvalue weighted by Gasteiger charge is -2.19. The van der Waals surface area contributed by atoms with Gasteiger partial charge >= 0.3 is 18.1 Å². The number of benzene rings is 1. The smallest absolute Gasteiger partial charge is 0.413 e. The number of urea groups is 1. The minimum Gasteiger partial charge on any atom is -0.444 e. The van der Waals surface area contributed by atoms with Gasteiger partial charge in [-0.2, -0.15) is 5.26 Å². The van der Waals surface area contributed by atoms with Crippen LogP contribution in [0.25, 0.3) is 0 Å². The number of esters is 1. The van der Waals surface area contributed by atoms with Gasteiger partial charge < -0.3 is 14.8 Å². The first-order valence-electron chi connectivity index (χ1n) is 13.4. The number of nitriles is 1. The number of carbonyl (C=O) groups is 4. The van der Waals surface area contributed by atoms with Crippen LogP contribution in [0.4, 0.5) is 25.6 Å².